The first kappa shape index (κ1) is 17.7. The fourth-order valence-electron chi connectivity index (χ4n) is 1.82. The van der Waals surface area contributed by atoms with Gasteiger partial charge in [0.25, 0.3) is 0 Å². The number of nitrogens with one attached hydrogen (secondary N) is 1. The van der Waals surface area contributed by atoms with Crippen LogP contribution in [0.4, 0.5) is 0 Å². The van der Waals surface area contributed by atoms with E-state index in [1.165, 1.54) is 11.1 Å². The molecule has 0 saturated carbocycles. The van der Waals surface area contributed by atoms with Crippen LogP contribution in [0.2, 0.25) is 0 Å². The van der Waals surface area contributed by atoms with Gasteiger partial charge in [0.05, 0.1) is 4.90 Å². The Bertz CT molecular complexity index is 607. The predicted molar refractivity (Wildman–Crippen MR) is 88.8 cm³/mol. The molecule has 116 valence electrons. The summed E-state index contributed by atoms with van der Waals surface area (Å²) in [5.74, 6) is 0. The summed E-state index contributed by atoms with van der Waals surface area (Å²) >= 11 is 0. The van der Waals surface area contributed by atoms with Gasteiger partial charge in [-0.3, -0.25) is 0 Å². The Morgan fingerprint density at radius 3 is 2.29 bits per heavy atom. The number of sulfonamides is 1. The molecular weight excluding hydrogens is 282 g/mol. The monoisotopic (exact) mass is 307 g/mol. The first-order valence-electron chi connectivity index (χ1n) is 7.16. The van der Waals surface area contributed by atoms with Crippen LogP contribution in [0.25, 0.3) is 0 Å². The number of rotatable bonds is 7. The van der Waals surface area contributed by atoms with Crippen LogP contribution in [0.1, 0.15) is 39.2 Å². The van der Waals surface area contributed by atoms with Gasteiger partial charge in [-0.2, -0.15) is 0 Å². The van der Waals surface area contributed by atoms with E-state index in [0.29, 0.717) is 11.4 Å². The molecule has 0 spiro atoms. The number of allylic oxidation sites excluding steroid dienone is 3. The Hall–Kier alpha value is -1.39. The van der Waals surface area contributed by atoms with Crippen molar-refractivity contribution in [1.29, 1.82) is 0 Å². The van der Waals surface area contributed by atoms with Gasteiger partial charge in [-0.25, -0.2) is 13.1 Å². The Labute approximate surface area is 128 Å². The molecule has 0 heterocycles. The van der Waals surface area contributed by atoms with Crippen molar-refractivity contribution in [2.24, 2.45) is 0 Å². The SMILES string of the molecule is CC(C)=CCC/C(C)=C/CNS(=O)(=O)c1ccc(C)cc1. The lowest BCUT2D eigenvalue weighted by atomic mass is 10.1. The molecule has 1 rings (SSSR count). The lowest BCUT2D eigenvalue weighted by Crippen LogP contribution is -2.23. The molecule has 0 amide bonds. The number of aryl methyl sites for hydroxylation is 1. The second kappa shape index (κ2) is 8.15. The van der Waals surface area contributed by atoms with Crippen LogP contribution in [0, 0.1) is 6.92 Å². The maximum absolute atomic E-state index is 12.1. The van der Waals surface area contributed by atoms with Crippen molar-refractivity contribution >= 4 is 10.0 Å². The topological polar surface area (TPSA) is 46.2 Å². The van der Waals surface area contributed by atoms with Gasteiger partial charge in [0.15, 0.2) is 0 Å². The molecular formula is C17H25NO2S. The molecule has 0 aliphatic rings. The maximum atomic E-state index is 12.1. The number of hydrogen-bond donors (Lipinski definition) is 1. The molecule has 1 N–H and O–H groups in total. The van der Waals surface area contributed by atoms with Crippen molar-refractivity contribution in [1.82, 2.24) is 4.72 Å². The Kier molecular flexibility index (Phi) is 6.85. The third kappa shape index (κ3) is 6.74. The van der Waals surface area contributed by atoms with Crippen LogP contribution in [-0.4, -0.2) is 15.0 Å². The van der Waals surface area contributed by atoms with E-state index >= 15 is 0 Å². The van der Waals surface area contributed by atoms with Gasteiger partial charge < -0.3 is 0 Å². The Morgan fingerprint density at radius 1 is 1.10 bits per heavy atom. The number of hydrogen-bond acceptors (Lipinski definition) is 2. The molecule has 0 bridgehead atoms. The first-order valence-corrected chi connectivity index (χ1v) is 8.65. The minimum Gasteiger partial charge on any atom is -0.207 e. The highest BCUT2D eigenvalue weighted by molar-refractivity contribution is 7.89. The standard InChI is InChI=1S/C17H25NO2S/c1-14(2)6-5-7-15(3)12-13-18-21(19,20)17-10-8-16(4)9-11-17/h6,8-12,18H,5,7,13H2,1-4H3/b15-12+. The summed E-state index contributed by atoms with van der Waals surface area (Å²) in [6.07, 6.45) is 6.07. The minimum absolute atomic E-state index is 0.309. The second-order valence-electron chi connectivity index (χ2n) is 5.54. The molecule has 0 radical (unpaired) electrons. The maximum Gasteiger partial charge on any atom is 0.240 e. The van der Waals surface area contributed by atoms with Crippen molar-refractivity contribution in [2.75, 3.05) is 6.54 Å². The molecule has 21 heavy (non-hydrogen) atoms. The van der Waals surface area contributed by atoms with E-state index in [1.54, 1.807) is 24.3 Å². The van der Waals surface area contributed by atoms with E-state index in [9.17, 15) is 8.42 Å². The van der Waals surface area contributed by atoms with E-state index in [1.807, 2.05) is 19.9 Å². The molecule has 0 atom stereocenters. The largest absolute Gasteiger partial charge is 0.240 e. The molecule has 1 aromatic rings. The molecule has 0 aliphatic heterocycles. The third-order valence-corrected chi connectivity index (χ3v) is 4.59. The average Bonchev–Trinajstić information content (AvgIpc) is 2.38. The highest BCUT2D eigenvalue weighted by atomic mass is 32.2. The smallest absolute Gasteiger partial charge is 0.207 e. The zero-order chi connectivity index (χ0) is 15.9. The van der Waals surface area contributed by atoms with E-state index in [-0.39, 0.29) is 0 Å². The highest BCUT2D eigenvalue weighted by Gasteiger charge is 2.11. The van der Waals surface area contributed by atoms with Gasteiger partial charge >= 0.3 is 0 Å². The van der Waals surface area contributed by atoms with Gasteiger partial charge in [-0.1, -0.05) is 41.0 Å². The van der Waals surface area contributed by atoms with Crippen molar-refractivity contribution in [3.63, 3.8) is 0 Å². The van der Waals surface area contributed by atoms with Gasteiger partial charge in [0.1, 0.15) is 0 Å². The zero-order valence-electron chi connectivity index (χ0n) is 13.3. The van der Waals surface area contributed by atoms with Gasteiger partial charge in [0, 0.05) is 6.54 Å². The van der Waals surface area contributed by atoms with Crippen molar-refractivity contribution in [3.8, 4) is 0 Å². The fourth-order valence-corrected chi connectivity index (χ4v) is 2.78. The molecule has 1 aromatic carbocycles. The fraction of sp³-hybridized carbons (Fsp3) is 0.412. The van der Waals surface area contributed by atoms with E-state index in [2.05, 4.69) is 24.6 Å². The molecule has 4 heteroatoms. The summed E-state index contributed by atoms with van der Waals surface area (Å²) < 4.78 is 26.8. The van der Waals surface area contributed by atoms with Gasteiger partial charge in [-0.05, 0) is 52.7 Å². The molecule has 0 aliphatic carbocycles. The van der Waals surface area contributed by atoms with Crippen molar-refractivity contribution in [2.45, 2.75) is 45.4 Å². The second-order valence-corrected chi connectivity index (χ2v) is 7.30. The third-order valence-electron chi connectivity index (χ3n) is 3.15. The Balaban J connectivity index is 2.54. The zero-order valence-corrected chi connectivity index (χ0v) is 14.1. The van der Waals surface area contributed by atoms with Crippen molar-refractivity contribution in [3.05, 3.63) is 53.1 Å². The molecule has 0 unspecified atom stereocenters. The Morgan fingerprint density at radius 2 is 1.71 bits per heavy atom. The summed E-state index contributed by atoms with van der Waals surface area (Å²) in [7, 11) is -3.41. The molecule has 3 nitrogen and oxygen atoms in total. The van der Waals surface area contributed by atoms with E-state index in [4.69, 9.17) is 0 Å². The summed E-state index contributed by atoms with van der Waals surface area (Å²) in [4.78, 5) is 0.309. The molecule has 0 aromatic heterocycles. The predicted octanol–water partition coefficient (Wildman–Crippen LogP) is 3.97. The van der Waals surface area contributed by atoms with Crippen LogP contribution in [0.3, 0.4) is 0 Å². The summed E-state index contributed by atoms with van der Waals surface area (Å²) in [6.45, 7) is 8.45. The summed E-state index contributed by atoms with van der Waals surface area (Å²) in [6, 6.07) is 6.86. The first-order chi connectivity index (χ1) is 9.81. The minimum atomic E-state index is -3.41. The summed E-state index contributed by atoms with van der Waals surface area (Å²) in [5, 5.41) is 0. The van der Waals surface area contributed by atoms with Crippen LogP contribution >= 0.6 is 0 Å². The van der Waals surface area contributed by atoms with Crippen LogP contribution in [0.5, 0.6) is 0 Å². The van der Waals surface area contributed by atoms with Crippen molar-refractivity contribution < 1.29 is 8.42 Å². The molecule has 0 saturated heterocycles. The number of benzene rings is 1. The average molecular weight is 307 g/mol. The van der Waals surface area contributed by atoms with Gasteiger partial charge in [-0.15, -0.1) is 0 Å². The quantitative estimate of drug-likeness (QED) is 0.775. The van der Waals surface area contributed by atoms with E-state index < -0.39 is 10.0 Å². The van der Waals surface area contributed by atoms with Crippen LogP contribution < -0.4 is 4.72 Å². The van der Waals surface area contributed by atoms with E-state index in [0.717, 1.165) is 18.4 Å². The lowest BCUT2D eigenvalue weighted by Gasteiger charge is -2.06. The molecule has 0 fully saturated rings. The van der Waals surface area contributed by atoms with Crippen LogP contribution in [-0.2, 0) is 10.0 Å². The van der Waals surface area contributed by atoms with Gasteiger partial charge in [0.2, 0.25) is 10.0 Å². The normalized spacial score (nSPS) is 12.3. The highest BCUT2D eigenvalue weighted by Crippen LogP contribution is 2.10. The lowest BCUT2D eigenvalue weighted by molar-refractivity contribution is 0.585. The van der Waals surface area contributed by atoms with Crippen LogP contribution in [0.15, 0.2) is 52.5 Å². The summed E-state index contributed by atoms with van der Waals surface area (Å²) in [5.41, 5.74) is 3.55.